The van der Waals surface area contributed by atoms with E-state index in [2.05, 4.69) is 15.4 Å². The zero-order valence-electron chi connectivity index (χ0n) is 15.6. The standard InChI is InChI=1S/C22H21ClN4O/c1-15-19-13-17(14-24-12-11-16-7-5-6-10-20(16)23)22(28)25-21(19)27(26-15)18-8-3-2-4-9-18/h2-10,13,24H,11-12,14H2,1H3,(H,25,28). The zero-order chi connectivity index (χ0) is 19.5. The van der Waals surface area contributed by atoms with Gasteiger partial charge in [-0.05, 0) is 49.7 Å². The molecule has 142 valence electrons. The summed E-state index contributed by atoms with van der Waals surface area (Å²) >= 11 is 6.19. The molecule has 0 bridgehead atoms. The lowest BCUT2D eigenvalue weighted by atomic mass is 10.1. The molecule has 6 heteroatoms. The van der Waals surface area contributed by atoms with Crippen molar-refractivity contribution < 1.29 is 0 Å². The summed E-state index contributed by atoms with van der Waals surface area (Å²) in [6.45, 7) is 3.18. The van der Waals surface area contributed by atoms with Crippen LogP contribution < -0.4 is 10.9 Å². The summed E-state index contributed by atoms with van der Waals surface area (Å²) in [4.78, 5) is 15.6. The predicted molar refractivity (Wildman–Crippen MR) is 113 cm³/mol. The number of nitrogens with zero attached hydrogens (tertiary/aromatic N) is 2. The molecule has 0 aliphatic rings. The van der Waals surface area contributed by atoms with Gasteiger partial charge < -0.3 is 10.3 Å². The summed E-state index contributed by atoms with van der Waals surface area (Å²) in [6.07, 6.45) is 0.810. The molecule has 2 aromatic carbocycles. The molecule has 4 rings (SSSR count). The first-order valence-corrected chi connectivity index (χ1v) is 9.62. The van der Waals surface area contributed by atoms with E-state index in [0.717, 1.165) is 40.3 Å². The number of hydrogen-bond acceptors (Lipinski definition) is 3. The number of fused-ring (bicyclic) bond motifs is 1. The van der Waals surface area contributed by atoms with Gasteiger partial charge in [-0.3, -0.25) is 4.79 Å². The lowest BCUT2D eigenvalue weighted by Gasteiger charge is -2.07. The van der Waals surface area contributed by atoms with Crippen LogP contribution in [0.3, 0.4) is 0 Å². The van der Waals surface area contributed by atoms with Crippen molar-refractivity contribution in [1.82, 2.24) is 20.1 Å². The molecule has 0 fully saturated rings. The van der Waals surface area contributed by atoms with Gasteiger partial charge in [0.15, 0.2) is 0 Å². The molecule has 28 heavy (non-hydrogen) atoms. The lowest BCUT2D eigenvalue weighted by molar-refractivity contribution is 0.682. The van der Waals surface area contributed by atoms with Gasteiger partial charge in [0.2, 0.25) is 0 Å². The topological polar surface area (TPSA) is 62.7 Å². The molecule has 0 aliphatic carbocycles. The first kappa shape index (κ1) is 18.5. The van der Waals surface area contributed by atoms with Gasteiger partial charge in [-0.15, -0.1) is 0 Å². The van der Waals surface area contributed by atoms with Crippen molar-refractivity contribution in [3.8, 4) is 5.69 Å². The van der Waals surface area contributed by atoms with Crippen LogP contribution in [0.1, 0.15) is 16.8 Å². The normalized spacial score (nSPS) is 11.2. The van der Waals surface area contributed by atoms with E-state index in [9.17, 15) is 4.79 Å². The summed E-state index contributed by atoms with van der Waals surface area (Å²) in [7, 11) is 0. The number of hydrogen-bond donors (Lipinski definition) is 2. The van der Waals surface area contributed by atoms with E-state index < -0.39 is 0 Å². The van der Waals surface area contributed by atoms with E-state index in [-0.39, 0.29) is 5.56 Å². The minimum atomic E-state index is -0.102. The number of aryl methyl sites for hydroxylation is 1. The first-order valence-electron chi connectivity index (χ1n) is 9.24. The Morgan fingerprint density at radius 3 is 2.61 bits per heavy atom. The second kappa shape index (κ2) is 8.00. The fourth-order valence-electron chi connectivity index (χ4n) is 3.29. The summed E-state index contributed by atoms with van der Waals surface area (Å²) in [5.74, 6) is 0. The van der Waals surface area contributed by atoms with Gasteiger partial charge in [0.25, 0.3) is 5.56 Å². The fourth-order valence-corrected chi connectivity index (χ4v) is 3.52. The van der Waals surface area contributed by atoms with Crippen molar-refractivity contribution >= 4 is 22.6 Å². The van der Waals surface area contributed by atoms with Crippen LogP contribution in [0, 0.1) is 6.92 Å². The molecule has 0 radical (unpaired) electrons. The maximum atomic E-state index is 12.6. The Balaban J connectivity index is 1.53. The van der Waals surface area contributed by atoms with Crippen LogP contribution in [0.4, 0.5) is 0 Å². The van der Waals surface area contributed by atoms with Crippen LogP contribution in [-0.2, 0) is 13.0 Å². The molecule has 4 aromatic rings. The number of rotatable bonds is 6. The maximum absolute atomic E-state index is 12.6. The molecule has 0 unspecified atom stereocenters. The molecule has 0 amide bonds. The second-order valence-corrected chi connectivity index (χ2v) is 7.14. The Labute approximate surface area is 168 Å². The van der Waals surface area contributed by atoms with Crippen LogP contribution in [0.2, 0.25) is 5.02 Å². The highest BCUT2D eigenvalue weighted by Crippen LogP contribution is 2.19. The molecule has 0 saturated heterocycles. The van der Waals surface area contributed by atoms with Crippen molar-refractivity contribution in [2.45, 2.75) is 19.9 Å². The molecule has 5 nitrogen and oxygen atoms in total. The third kappa shape index (κ3) is 3.72. The first-order chi connectivity index (χ1) is 13.6. The van der Waals surface area contributed by atoms with Crippen LogP contribution >= 0.6 is 11.6 Å². The van der Waals surface area contributed by atoms with Crippen LogP contribution in [0.15, 0.2) is 65.5 Å². The summed E-state index contributed by atoms with van der Waals surface area (Å²) in [6, 6.07) is 19.5. The third-order valence-electron chi connectivity index (χ3n) is 4.79. The number of halogens is 1. The largest absolute Gasteiger partial charge is 0.312 e. The van der Waals surface area contributed by atoms with E-state index in [1.54, 1.807) is 4.68 Å². The summed E-state index contributed by atoms with van der Waals surface area (Å²) in [5.41, 5.74) is 4.21. The quantitative estimate of drug-likeness (QED) is 0.487. The van der Waals surface area contributed by atoms with Gasteiger partial charge in [-0.1, -0.05) is 48.0 Å². The Morgan fingerprint density at radius 2 is 1.82 bits per heavy atom. The SMILES string of the molecule is Cc1nn(-c2ccccc2)c2[nH]c(=O)c(CNCCc3ccccc3Cl)cc12. The van der Waals surface area contributed by atoms with E-state index in [4.69, 9.17) is 11.6 Å². The highest BCUT2D eigenvalue weighted by Gasteiger charge is 2.12. The van der Waals surface area contributed by atoms with Crippen molar-refractivity contribution in [2.75, 3.05) is 6.54 Å². The smallest absolute Gasteiger partial charge is 0.254 e. The van der Waals surface area contributed by atoms with E-state index >= 15 is 0 Å². The van der Waals surface area contributed by atoms with Crippen molar-refractivity contribution in [1.29, 1.82) is 0 Å². The molecule has 2 N–H and O–H groups in total. The van der Waals surface area contributed by atoms with E-state index in [0.29, 0.717) is 17.8 Å². The summed E-state index contributed by atoms with van der Waals surface area (Å²) in [5, 5.41) is 9.66. The van der Waals surface area contributed by atoms with Crippen molar-refractivity contribution in [3.63, 3.8) is 0 Å². The fraction of sp³-hybridized carbons (Fsp3) is 0.182. The number of pyridine rings is 1. The van der Waals surface area contributed by atoms with Gasteiger partial charge >= 0.3 is 0 Å². The number of nitrogens with one attached hydrogen (secondary N) is 2. The van der Waals surface area contributed by atoms with Gasteiger partial charge in [0, 0.05) is 22.5 Å². The molecule has 0 atom stereocenters. The molecular weight excluding hydrogens is 372 g/mol. The van der Waals surface area contributed by atoms with E-state index in [1.165, 1.54) is 0 Å². The summed E-state index contributed by atoms with van der Waals surface area (Å²) < 4.78 is 1.78. The van der Waals surface area contributed by atoms with Gasteiger partial charge in [0.05, 0.1) is 11.4 Å². The molecule has 0 spiro atoms. The Morgan fingerprint density at radius 1 is 1.07 bits per heavy atom. The van der Waals surface area contributed by atoms with Crippen LogP contribution in [-0.4, -0.2) is 21.3 Å². The predicted octanol–water partition coefficient (Wildman–Crippen LogP) is 4.01. The molecule has 2 aromatic heterocycles. The number of aromatic amines is 1. The zero-order valence-corrected chi connectivity index (χ0v) is 16.3. The monoisotopic (exact) mass is 392 g/mol. The van der Waals surface area contributed by atoms with Crippen LogP contribution in [0.25, 0.3) is 16.7 Å². The molecule has 0 saturated carbocycles. The number of H-pyrrole nitrogens is 1. The van der Waals surface area contributed by atoms with Crippen molar-refractivity contribution in [3.05, 3.63) is 92.9 Å². The van der Waals surface area contributed by atoms with Gasteiger partial charge in [-0.2, -0.15) is 5.10 Å². The average Bonchev–Trinajstić information content (AvgIpc) is 3.03. The minimum Gasteiger partial charge on any atom is -0.312 e. The second-order valence-electron chi connectivity index (χ2n) is 6.74. The van der Waals surface area contributed by atoms with Crippen molar-refractivity contribution in [2.24, 2.45) is 0 Å². The average molecular weight is 393 g/mol. The number of aromatic nitrogens is 3. The number of para-hydroxylation sites is 1. The Hall–Kier alpha value is -2.89. The Kier molecular flexibility index (Phi) is 5.28. The highest BCUT2D eigenvalue weighted by molar-refractivity contribution is 6.31. The van der Waals surface area contributed by atoms with Gasteiger partial charge in [-0.25, -0.2) is 4.68 Å². The number of benzene rings is 2. The maximum Gasteiger partial charge on any atom is 0.254 e. The Bertz CT molecular complexity index is 1160. The molecule has 0 aliphatic heterocycles. The third-order valence-corrected chi connectivity index (χ3v) is 5.16. The molecular formula is C22H21ClN4O. The highest BCUT2D eigenvalue weighted by atomic mass is 35.5. The lowest BCUT2D eigenvalue weighted by Crippen LogP contribution is -2.23. The van der Waals surface area contributed by atoms with E-state index in [1.807, 2.05) is 67.6 Å². The minimum absolute atomic E-state index is 0.102. The van der Waals surface area contributed by atoms with Gasteiger partial charge in [0.1, 0.15) is 5.65 Å². The molecule has 2 heterocycles. The van der Waals surface area contributed by atoms with Crippen LogP contribution in [0.5, 0.6) is 0 Å².